The molecule has 1 N–H and O–H groups in total. The third-order valence-corrected chi connectivity index (χ3v) is 4.76. The molecule has 1 aromatic rings. The second kappa shape index (κ2) is 6.92. The summed E-state index contributed by atoms with van der Waals surface area (Å²) < 4.78 is 0. The number of hydrogen-bond acceptors (Lipinski definition) is 1. The van der Waals surface area contributed by atoms with Gasteiger partial charge in [0.15, 0.2) is 0 Å². The average Bonchev–Trinajstić information content (AvgIpc) is 2.47. The molecule has 2 rings (SSSR count). The van der Waals surface area contributed by atoms with E-state index in [4.69, 9.17) is 0 Å². The van der Waals surface area contributed by atoms with Crippen molar-refractivity contribution in [1.29, 1.82) is 0 Å². The van der Waals surface area contributed by atoms with E-state index in [1.165, 1.54) is 31.2 Å². The molecule has 1 saturated carbocycles. The number of carbonyl (C=O) groups is 1. The fourth-order valence-corrected chi connectivity index (χ4v) is 3.74. The smallest absolute Gasteiger partial charge is 0.335 e. The van der Waals surface area contributed by atoms with Crippen molar-refractivity contribution in [2.45, 2.75) is 64.7 Å². The Morgan fingerprint density at radius 2 is 1.90 bits per heavy atom. The van der Waals surface area contributed by atoms with E-state index in [1.54, 1.807) is 6.07 Å². The van der Waals surface area contributed by atoms with E-state index in [0.29, 0.717) is 11.5 Å². The highest BCUT2D eigenvalue weighted by Crippen LogP contribution is 2.40. The van der Waals surface area contributed by atoms with E-state index in [2.05, 4.69) is 19.9 Å². The van der Waals surface area contributed by atoms with Gasteiger partial charge >= 0.3 is 5.97 Å². The fourth-order valence-electron chi connectivity index (χ4n) is 3.74. The van der Waals surface area contributed by atoms with Crippen molar-refractivity contribution < 1.29 is 9.90 Å². The van der Waals surface area contributed by atoms with Crippen LogP contribution in [0.5, 0.6) is 0 Å². The molecule has 1 aliphatic carbocycles. The topological polar surface area (TPSA) is 37.3 Å². The van der Waals surface area contributed by atoms with Gasteiger partial charge in [0, 0.05) is 0 Å². The zero-order chi connectivity index (χ0) is 14.5. The molecule has 0 unspecified atom stereocenters. The van der Waals surface area contributed by atoms with E-state index in [-0.39, 0.29) is 0 Å². The van der Waals surface area contributed by atoms with E-state index in [9.17, 15) is 9.90 Å². The summed E-state index contributed by atoms with van der Waals surface area (Å²) in [7, 11) is 0. The number of rotatable bonds is 5. The molecule has 0 aromatic heterocycles. The Labute approximate surface area is 122 Å². The number of aryl methyl sites for hydroxylation is 1. The predicted octanol–water partition coefficient (Wildman–Crippen LogP) is 5.02. The van der Waals surface area contributed by atoms with Crippen LogP contribution in [0, 0.1) is 5.92 Å². The molecule has 2 heteroatoms. The van der Waals surface area contributed by atoms with E-state index < -0.39 is 5.97 Å². The third kappa shape index (κ3) is 3.23. The van der Waals surface area contributed by atoms with Crippen molar-refractivity contribution in [2.75, 3.05) is 0 Å². The summed E-state index contributed by atoms with van der Waals surface area (Å²) in [5.74, 6) is 0.537. The minimum atomic E-state index is -0.772. The van der Waals surface area contributed by atoms with Gasteiger partial charge in [-0.3, -0.25) is 0 Å². The zero-order valence-corrected chi connectivity index (χ0v) is 12.7. The number of carboxylic acid groups (broad SMARTS) is 1. The molecule has 1 fully saturated rings. The summed E-state index contributed by atoms with van der Waals surface area (Å²) in [5.41, 5.74) is 2.88. The molecule has 0 bridgehead atoms. The monoisotopic (exact) mass is 274 g/mol. The van der Waals surface area contributed by atoms with Gasteiger partial charge in [0.2, 0.25) is 0 Å². The molecular formula is C18H26O2. The first kappa shape index (κ1) is 15.1. The van der Waals surface area contributed by atoms with Gasteiger partial charge in [-0.25, -0.2) is 4.79 Å². The van der Waals surface area contributed by atoms with Crippen molar-refractivity contribution in [3.63, 3.8) is 0 Å². The SMILES string of the molecule is CCCC1CCC(c2c(CC)cccc2C(=O)O)CC1. The van der Waals surface area contributed by atoms with Crippen molar-refractivity contribution in [1.82, 2.24) is 0 Å². The van der Waals surface area contributed by atoms with E-state index >= 15 is 0 Å². The first-order valence-corrected chi connectivity index (χ1v) is 8.02. The van der Waals surface area contributed by atoms with Crippen LogP contribution in [0.25, 0.3) is 0 Å². The zero-order valence-electron chi connectivity index (χ0n) is 12.7. The van der Waals surface area contributed by atoms with Gasteiger partial charge in [0.1, 0.15) is 0 Å². The van der Waals surface area contributed by atoms with Gasteiger partial charge in [-0.1, -0.05) is 38.8 Å². The fraction of sp³-hybridized carbons (Fsp3) is 0.611. The largest absolute Gasteiger partial charge is 0.478 e. The Hall–Kier alpha value is -1.31. The van der Waals surface area contributed by atoms with Gasteiger partial charge in [-0.05, 0) is 61.1 Å². The standard InChI is InChI=1S/C18H26O2/c1-3-6-13-9-11-15(12-10-13)17-14(4-2)7-5-8-16(17)18(19)20/h5,7-8,13,15H,3-4,6,9-12H2,1-2H3,(H,19,20). The maximum absolute atomic E-state index is 11.5. The first-order valence-electron chi connectivity index (χ1n) is 8.02. The molecule has 1 aliphatic rings. The molecule has 0 atom stereocenters. The minimum absolute atomic E-state index is 0.449. The van der Waals surface area contributed by atoms with Crippen molar-refractivity contribution in [2.24, 2.45) is 5.92 Å². The third-order valence-electron chi connectivity index (χ3n) is 4.76. The molecule has 0 aliphatic heterocycles. The first-order chi connectivity index (χ1) is 9.67. The molecule has 1 aromatic carbocycles. The minimum Gasteiger partial charge on any atom is -0.478 e. The van der Waals surface area contributed by atoms with E-state index in [1.807, 2.05) is 6.07 Å². The molecule has 0 saturated heterocycles. The average molecular weight is 274 g/mol. The molecule has 0 heterocycles. The molecular weight excluding hydrogens is 248 g/mol. The van der Waals surface area contributed by atoms with Gasteiger partial charge in [0.05, 0.1) is 5.56 Å². The number of aromatic carboxylic acids is 1. The van der Waals surface area contributed by atoms with Crippen LogP contribution in [0.2, 0.25) is 0 Å². The Morgan fingerprint density at radius 1 is 1.20 bits per heavy atom. The summed E-state index contributed by atoms with van der Waals surface area (Å²) in [6, 6.07) is 5.75. The van der Waals surface area contributed by atoms with Gasteiger partial charge in [-0.2, -0.15) is 0 Å². The molecule has 20 heavy (non-hydrogen) atoms. The quantitative estimate of drug-likeness (QED) is 0.818. The van der Waals surface area contributed by atoms with Crippen molar-refractivity contribution in [3.05, 3.63) is 34.9 Å². The highest BCUT2D eigenvalue weighted by Gasteiger charge is 2.26. The van der Waals surface area contributed by atoms with Gasteiger partial charge in [-0.15, -0.1) is 0 Å². The second-order valence-corrected chi connectivity index (χ2v) is 6.04. The van der Waals surface area contributed by atoms with Crippen LogP contribution in [-0.4, -0.2) is 11.1 Å². The lowest BCUT2D eigenvalue weighted by atomic mass is 9.74. The summed E-state index contributed by atoms with van der Waals surface area (Å²) in [6.07, 6.45) is 8.34. The summed E-state index contributed by atoms with van der Waals surface area (Å²) in [6.45, 7) is 4.37. The van der Waals surface area contributed by atoms with Crippen LogP contribution in [0.3, 0.4) is 0 Å². The molecule has 2 nitrogen and oxygen atoms in total. The number of benzene rings is 1. The Bertz CT molecular complexity index is 456. The lowest BCUT2D eigenvalue weighted by Gasteiger charge is -2.30. The van der Waals surface area contributed by atoms with Crippen LogP contribution in [0.4, 0.5) is 0 Å². The molecule has 0 radical (unpaired) electrons. The molecule has 110 valence electrons. The van der Waals surface area contributed by atoms with Crippen LogP contribution in [-0.2, 0) is 6.42 Å². The summed E-state index contributed by atoms with van der Waals surface area (Å²) >= 11 is 0. The van der Waals surface area contributed by atoms with Crippen molar-refractivity contribution >= 4 is 5.97 Å². The Morgan fingerprint density at radius 3 is 2.45 bits per heavy atom. The maximum Gasteiger partial charge on any atom is 0.335 e. The summed E-state index contributed by atoms with van der Waals surface area (Å²) in [4.78, 5) is 11.5. The summed E-state index contributed by atoms with van der Waals surface area (Å²) in [5, 5.41) is 9.45. The second-order valence-electron chi connectivity index (χ2n) is 6.04. The number of carboxylic acids is 1. The van der Waals surface area contributed by atoms with Crippen molar-refractivity contribution in [3.8, 4) is 0 Å². The lowest BCUT2D eigenvalue weighted by Crippen LogP contribution is -2.17. The maximum atomic E-state index is 11.5. The predicted molar refractivity (Wildman–Crippen MR) is 82.4 cm³/mol. The molecule has 0 spiro atoms. The lowest BCUT2D eigenvalue weighted by molar-refractivity contribution is 0.0694. The van der Waals surface area contributed by atoms with Crippen LogP contribution in [0.15, 0.2) is 18.2 Å². The highest BCUT2D eigenvalue weighted by molar-refractivity contribution is 5.90. The normalized spacial score (nSPS) is 22.7. The number of hydrogen-bond donors (Lipinski definition) is 1. The Balaban J connectivity index is 2.22. The van der Waals surface area contributed by atoms with Crippen LogP contribution >= 0.6 is 0 Å². The van der Waals surface area contributed by atoms with E-state index in [0.717, 1.165) is 30.7 Å². The van der Waals surface area contributed by atoms with Crippen LogP contribution < -0.4 is 0 Å². The van der Waals surface area contributed by atoms with Gasteiger partial charge < -0.3 is 5.11 Å². The molecule has 0 amide bonds. The Kier molecular flexibility index (Phi) is 5.22. The van der Waals surface area contributed by atoms with Gasteiger partial charge in [0.25, 0.3) is 0 Å². The van der Waals surface area contributed by atoms with Crippen LogP contribution in [0.1, 0.15) is 79.8 Å². The highest BCUT2D eigenvalue weighted by atomic mass is 16.4.